The van der Waals surface area contributed by atoms with E-state index in [9.17, 15) is 0 Å². The van der Waals surface area contributed by atoms with Crippen molar-refractivity contribution in [1.82, 2.24) is 0 Å². The molecule has 7 atom stereocenters. The van der Waals surface area contributed by atoms with Gasteiger partial charge in [-0.15, -0.1) is 0 Å². The van der Waals surface area contributed by atoms with Crippen molar-refractivity contribution in [3.05, 3.63) is 11.6 Å². The van der Waals surface area contributed by atoms with Crippen LogP contribution in [0.4, 0.5) is 0 Å². The summed E-state index contributed by atoms with van der Waals surface area (Å²) >= 11 is 0. The van der Waals surface area contributed by atoms with E-state index in [1.807, 2.05) is 13.8 Å². The van der Waals surface area contributed by atoms with E-state index in [-0.39, 0.29) is 0 Å². The van der Waals surface area contributed by atoms with Crippen LogP contribution in [-0.2, 0) is 4.74 Å². The van der Waals surface area contributed by atoms with Crippen molar-refractivity contribution < 1.29 is 4.74 Å². The third-order valence-electron chi connectivity index (χ3n) is 10.3. The fourth-order valence-electron chi connectivity index (χ4n) is 8.65. The molecular weight excluding hydrogens is 388 g/mol. The molecule has 0 heterocycles. The summed E-state index contributed by atoms with van der Waals surface area (Å²) in [6.45, 7) is 18.5. The Morgan fingerprint density at radius 2 is 1.69 bits per heavy atom. The SMILES string of the molecule is CC.CC(C)CCCCC1CCC2C3CC=C4CC(OC(C)C)CCC4(C)C3CCC12C. The largest absolute Gasteiger partial charge is 0.375 e. The Bertz CT molecular complexity index is 618. The van der Waals surface area contributed by atoms with E-state index in [1.165, 1.54) is 77.0 Å². The van der Waals surface area contributed by atoms with E-state index < -0.39 is 0 Å². The minimum Gasteiger partial charge on any atom is -0.375 e. The molecule has 0 aromatic rings. The lowest BCUT2D eigenvalue weighted by atomic mass is 9.47. The van der Waals surface area contributed by atoms with E-state index in [2.05, 4.69) is 47.6 Å². The van der Waals surface area contributed by atoms with Gasteiger partial charge in [-0.2, -0.15) is 0 Å². The van der Waals surface area contributed by atoms with Crippen LogP contribution in [0.1, 0.15) is 132 Å². The van der Waals surface area contributed by atoms with E-state index in [4.69, 9.17) is 4.74 Å². The maximum atomic E-state index is 6.24. The van der Waals surface area contributed by atoms with Crippen LogP contribution in [-0.4, -0.2) is 12.2 Å². The number of rotatable bonds is 7. The van der Waals surface area contributed by atoms with Gasteiger partial charge >= 0.3 is 0 Å². The zero-order chi connectivity index (χ0) is 23.5. The van der Waals surface area contributed by atoms with Gasteiger partial charge in [-0.05, 0) is 112 Å². The van der Waals surface area contributed by atoms with E-state index in [1.54, 1.807) is 5.57 Å². The molecule has 0 aromatic carbocycles. The molecule has 3 fully saturated rings. The average Bonchev–Trinajstić information content (AvgIpc) is 3.09. The zero-order valence-electron chi connectivity index (χ0n) is 23.0. The van der Waals surface area contributed by atoms with Gasteiger partial charge in [0.05, 0.1) is 12.2 Å². The Morgan fingerprint density at radius 3 is 2.38 bits per heavy atom. The van der Waals surface area contributed by atoms with Crippen LogP contribution in [0.5, 0.6) is 0 Å². The fraction of sp³-hybridized carbons (Fsp3) is 0.935. The van der Waals surface area contributed by atoms with E-state index in [0.29, 0.717) is 23.0 Å². The molecular formula is C31H56O. The highest BCUT2D eigenvalue weighted by molar-refractivity contribution is 5.25. The summed E-state index contributed by atoms with van der Waals surface area (Å²) < 4.78 is 6.24. The molecule has 186 valence electrons. The van der Waals surface area contributed by atoms with Gasteiger partial charge in [0.15, 0.2) is 0 Å². The molecule has 1 nitrogen and oxygen atoms in total. The molecule has 4 aliphatic carbocycles. The molecule has 4 rings (SSSR count). The normalized spacial score (nSPS) is 40.8. The van der Waals surface area contributed by atoms with Crippen LogP contribution < -0.4 is 0 Å². The van der Waals surface area contributed by atoms with Crippen LogP contribution >= 0.6 is 0 Å². The molecule has 0 amide bonds. The van der Waals surface area contributed by atoms with Gasteiger partial charge in [-0.25, -0.2) is 0 Å². The standard InChI is InChI=1S/C29H50O.C2H6/c1-20(2)9-7-8-10-22-12-14-26-25-13-11-23-19-24(30-21(3)4)15-17-29(23,6)27(25)16-18-28(22,26)5;1-2/h11,20-22,24-27H,7-10,12-19H2,1-6H3;1-2H3. The Balaban J connectivity index is 0.00000141. The Kier molecular flexibility index (Phi) is 9.01. The molecule has 0 radical (unpaired) electrons. The number of fused-ring (bicyclic) bond motifs is 5. The topological polar surface area (TPSA) is 9.23 Å². The summed E-state index contributed by atoms with van der Waals surface area (Å²) in [6, 6.07) is 0. The van der Waals surface area contributed by atoms with Crippen molar-refractivity contribution in [2.24, 2.45) is 40.4 Å². The second-order valence-electron chi connectivity index (χ2n) is 12.8. The molecule has 0 N–H and O–H groups in total. The van der Waals surface area contributed by atoms with Gasteiger partial charge in [0.1, 0.15) is 0 Å². The van der Waals surface area contributed by atoms with Crippen molar-refractivity contribution in [3.8, 4) is 0 Å². The molecule has 1 heteroatoms. The first-order valence-corrected chi connectivity index (χ1v) is 14.6. The summed E-state index contributed by atoms with van der Waals surface area (Å²) in [7, 11) is 0. The Morgan fingerprint density at radius 1 is 0.938 bits per heavy atom. The fourth-order valence-corrected chi connectivity index (χ4v) is 8.65. The zero-order valence-corrected chi connectivity index (χ0v) is 23.0. The number of unbranched alkanes of at least 4 members (excludes halogenated alkanes) is 1. The third-order valence-corrected chi connectivity index (χ3v) is 10.3. The highest BCUT2D eigenvalue weighted by atomic mass is 16.5. The highest BCUT2D eigenvalue weighted by Gasteiger charge is 2.58. The number of hydrogen-bond acceptors (Lipinski definition) is 1. The summed E-state index contributed by atoms with van der Waals surface area (Å²) in [4.78, 5) is 0. The highest BCUT2D eigenvalue weighted by Crippen LogP contribution is 2.66. The average molecular weight is 445 g/mol. The van der Waals surface area contributed by atoms with Crippen molar-refractivity contribution >= 4 is 0 Å². The first-order valence-electron chi connectivity index (χ1n) is 14.6. The van der Waals surface area contributed by atoms with Crippen LogP contribution in [0.2, 0.25) is 0 Å². The molecule has 0 aliphatic heterocycles. The lowest BCUT2D eigenvalue weighted by molar-refractivity contribution is -0.0668. The van der Waals surface area contributed by atoms with Crippen molar-refractivity contribution in [1.29, 1.82) is 0 Å². The Hall–Kier alpha value is -0.300. The second kappa shape index (κ2) is 11.0. The summed E-state index contributed by atoms with van der Waals surface area (Å²) in [5.74, 6) is 4.77. The van der Waals surface area contributed by atoms with Gasteiger partial charge in [0.2, 0.25) is 0 Å². The first-order chi connectivity index (χ1) is 15.2. The quantitative estimate of drug-likeness (QED) is 0.280. The van der Waals surface area contributed by atoms with Gasteiger partial charge in [-0.3, -0.25) is 0 Å². The summed E-state index contributed by atoms with van der Waals surface area (Å²) in [5, 5.41) is 0. The van der Waals surface area contributed by atoms with Gasteiger partial charge in [-0.1, -0.05) is 72.5 Å². The molecule has 0 saturated heterocycles. The maximum Gasteiger partial charge on any atom is 0.0616 e. The molecule has 0 spiro atoms. The summed E-state index contributed by atoms with van der Waals surface area (Å²) in [5.41, 5.74) is 2.88. The maximum absolute atomic E-state index is 6.24. The molecule has 7 unspecified atom stereocenters. The molecule has 32 heavy (non-hydrogen) atoms. The summed E-state index contributed by atoms with van der Waals surface area (Å²) in [6.07, 6.45) is 20.6. The minimum atomic E-state index is 0.364. The Labute approximate surface area is 201 Å². The molecule has 0 aromatic heterocycles. The predicted octanol–water partition coefficient (Wildman–Crippen LogP) is 9.60. The van der Waals surface area contributed by atoms with Gasteiger partial charge in [0, 0.05) is 0 Å². The van der Waals surface area contributed by atoms with Crippen molar-refractivity contribution in [2.75, 3.05) is 0 Å². The smallest absolute Gasteiger partial charge is 0.0616 e. The molecule has 3 saturated carbocycles. The number of hydrogen-bond donors (Lipinski definition) is 0. The third kappa shape index (κ3) is 5.18. The number of ether oxygens (including phenoxy) is 1. The van der Waals surface area contributed by atoms with E-state index >= 15 is 0 Å². The van der Waals surface area contributed by atoms with Crippen LogP contribution in [0.25, 0.3) is 0 Å². The van der Waals surface area contributed by atoms with Crippen LogP contribution in [0.15, 0.2) is 11.6 Å². The lowest BCUT2D eigenvalue weighted by Crippen LogP contribution is -2.50. The van der Waals surface area contributed by atoms with Gasteiger partial charge in [0.25, 0.3) is 0 Å². The molecule has 4 aliphatic rings. The first kappa shape index (κ1) is 26.3. The van der Waals surface area contributed by atoms with Gasteiger partial charge < -0.3 is 4.74 Å². The monoisotopic (exact) mass is 444 g/mol. The van der Waals surface area contributed by atoms with Crippen molar-refractivity contribution in [3.63, 3.8) is 0 Å². The van der Waals surface area contributed by atoms with Crippen LogP contribution in [0.3, 0.4) is 0 Å². The lowest BCUT2D eigenvalue weighted by Gasteiger charge is -2.58. The van der Waals surface area contributed by atoms with Crippen molar-refractivity contribution in [2.45, 2.75) is 145 Å². The number of allylic oxidation sites excluding steroid dienone is 1. The van der Waals surface area contributed by atoms with Crippen LogP contribution in [0, 0.1) is 40.4 Å². The van der Waals surface area contributed by atoms with E-state index in [0.717, 1.165) is 29.6 Å². The molecule has 0 bridgehead atoms. The minimum absolute atomic E-state index is 0.364. The second-order valence-corrected chi connectivity index (χ2v) is 12.8. The predicted molar refractivity (Wildman–Crippen MR) is 140 cm³/mol.